The van der Waals surface area contributed by atoms with Crippen LogP contribution in [0, 0.1) is 18.6 Å². The first-order valence-corrected chi connectivity index (χ1v) is 6.20. The molecule has 1 heterocycles. The lowest BCUT2D eigenvalue weighted by atomic mass is 9.99. The third kappa shape index (κ3) is 2.81. The van der Waals surface area contributed by atoms with Crippen LogP contribution < -0.4 is 5.32 Å². The van der Waals surface area contributed by atoms with E-state index in [1.807, 2.05) is 13.1 Å². The van der Waals surface area contributed by atoms with Crippen LogP contribution in [0.15, 0.2) is 24.5 Å². The van der Waals surface area contributed by atoms with E-state index in [1.54, 1.807) is 30.9 Å². The zero-order chi connectivity index (χ0) is 14.0. The summed E-state index contributed by atoms with van der Waals surface area (Å²) in [6.07, 6.45) is 3.51. The predicted molar refractivity (Wildman–Crippen MR) is 69.8 cm³/mol. The van der Waals surface area contributed by atoms with E-state index in [2.05, 4.69) is 10.4 Å². The molecule has 0 aliphatic carbocycles. The van der Waals surface area contributed by atoms with E-state index >= 15 is 0 Å². The monoisotopic (exact) mass is 265 g/mol. The number of aryl methyl sites for hydroxylation is 2. The van der Waals surface area contributed by atoms with Crippen molar-refractivity contribution in [1.82, 2.24) is 15.1 Å². The Hall–Kier alpha value is -1.75. The summed E-state index contributed by atoms with van der Waals surface area (Å²) in [5, 5.41) is 7.30. The average molecular weight is 265 g/mol. The van der Waals surface area contributed by atoms with E-state index in [0.29, 0.717) is 17.7 Å². The van der Waals surface area contributed by atoms with Crippen molar-refractivity contribution in [2.75, 3.05) is 6.54 Å². The minimum Gasteiger partial charge on any atom is -0.306 e. The van der Waals surface area contributed by atoms with Crippen LogP contribution in [0.4, 0.5) is 8.78 Å². The van der Waals surface area contributed by atoms with Gasteiger partial charge in [0.1, 0.15) is 11.6 Å². The number of nitrogens with one attached hydrogen (secondary N) is 1. The molecule has 0 fully saturated rings. The quantitative estimate of drug-likeness (QED) is 0.921. The molecule has 102 valence electrons. The highest BCUT2D eigenvalue weighted by atomic mass is 19.1. The van der Waals surface area contributed by atoms with Gasteiger partial charge in [0, 0.05) is 30.4 Å². The van der Waals surface area contributed by atoms with Crippen molar-refractivity contribution in [1.29, 1.82) is 0 Å². The molecule has 19 heavy (non-hydrogen) atoms. The van der Waals surface area contributed by atoms with Gasteiger partial charge in [0.15, 0.2) is 0 Å². The number of nitrogens with zero attached hydrogens (tertiary/aromatic N) is 2. The number of aromatic nitrogens is 2. The van der Waals surface area contributed by atoms with Gasteiger partial charge >= 0.3 is 0 Å². The Morgan fingerprint density at radius 1 is 1.32 bits per heavy atom. The lowest BCUT2D eigenvalue weighted by Gasteiger charge is -2.18. The van der Waals surface area contributed by atoms with Gasteiger partial charge in [-0.05, 0) is 25.1 Å². The Morgan fingerprint density at radius 2 is 2.05 bits per heavy atom. The number of hydrogen-bond acceptors (Lipinski definition) is 2. The fourth-order valence-electron chi connectivity index (χ4n) is 2.10. The molecule has 0 aliphatic heterocycles. The first kappa shape index (κ1) is 13.7. The first-order valence-electron chi connectivity index (χ1n) is 6.20. The first-order chi connectivity index (χ1) is 9.02. The minimum atomic E-state index is -0.544. The molecule has 2 rings (SSSR count). The summed E-state index contributed by atoms with van der Waals surface area (Å²) < 4.78 is 29.0. The SMILES string of the molecule is CCNC(c1cnn(C)c1)c1cc(C)c(F)cc1F. The Kier molecular flexibility index (Phi) is 3.95. The smallest absolute Gasteiger partial charge is 0.131 e. The third-order valence-corrected chi connectivity index (χ3v) is 3.06. The van der Waals surface area contributed by atoms with Crippen molar-refractivity contribution < 1.29 is 8.78 Å². The van der Waals surface area contributed by atoms with E-state index in [-0.39, 0.29) is 6.04 Å². The molecule has 0 aliphatic rings. The fraction of sp³-hybridized carbons (Fsp3) is 0.357. The Labute approximate surface area is 111 Å². The van der Waals surface area contributed by atoms with E-state index in [1.165, 1.54) is 0 Å². The van der Waals surface area contributed by atoms with Crippen LogP contribution in [0.3, 0.4) is 0 Å². The van der Waals surface area contributed by atoms with Crippen molar-refractivity contribution in [3.05, 3.63) is 52.9 Å². The maximum atomic E-state index is 14.0. The highest BCUT2D eigenvalue weighted by Gasteiger charge is 2.20. The highest BCUT2D eigenvalue weighted by molar-refractivity contribution is 5.34. The maximum Gasteiger partial charge on any atom is 0.131 e. The largest absolute Gasteiger partial charge is 0.306 e. The van der Waals surface area contributed by atoms with Gasteiger partial charge < -0.3 is 5.32 Å². The van der Waals surface area contributed by atoms with Gasteiger partial charge in [-0.3, -0.25) is 4.68 Å². The van der Waals surface area contributed by atoms with Crippen molar-refractivity contribution in [3.63, 3.8) is 0 Å². The Morgan fingerprint density at radius 3 is 2.63 bits per heavy atom. The topological polar surface area (TPSA) is 29.9 Å². The van der Waals surface area contributed by atoms with Crippen molar-refractivity contribution in [3.8, 4) is 0 Å². The summed E-state index contributed by atoms with van der Waals surface area (Å²) in [6, 6.07) is 2.16. The van der Waals surface area contributed by atoms with E-state index in [0.717, 1.165) is 11.6 Å². The van der Waals surface area contributed by atoms with Crippen LogP contribution in [0.25, 0.3) is 0 Å². The van der Waals surface area contributed by atoms with Gasteiger partial charge in [-0.15, -0.1) is 0 Å². The molecule has 0 bridgehead atoms. The molecule has 1 N–H and O–H groups in total. The number of benzene rings is 1. The average Bonchev–Trinajstić information content (AvgIpc) is 2.78. The summed E-state index contributed by atoms with van der Waals surface area (Å²) in [5.41, 5.74) is 1.73. The van der Waals surface area contributed by atoms with Gasteiger partial charge in [-0.1, -0.05) is 6.92 Å². The van der Waals surface area contributed by atoms with Gasteiger partial charge in [-0.25, -0.2) is 8.78 Å². The van der Waals surface area contributed by atoms with E-state index in [9.17, 15) is 8.78 Å². The van der Waals surface area contributed by atoms with Crippen LogP contribution in [-0.4, -0.2) is 16.3 Å². The normalized spacial score (nSPS) is 12.7. The third-order valence-electron chi connectivity index (χ3n) is 3.06. The Balaban J connectivity index is 2.47. The summed E-state index contributed by atoms with van der Waals surface area (Å²) in [4.78, 5) is 0. The zero-order valence-corrected chi connectivity index (χ0v) is 11.2. The molecule has 1 unspecified atom stereocenters. The van der Waals surface area contributed by atoms with Crippen molar-refractivity contribution in [2.24, 2.45) is 7.05 Å². The molecule has 0 saturated heterocycles. The van der Waals surface area contributed by atoms with E-state index < -0.39 is 11.6 Å². The Bertz CT molecular complexity index is 578. The van der Waals surface area contributed by atoms with E-state index in [4.69, 9.17) is 0 Å². The minimum absolute atomic E-state index is 0.321. The fourth-order valence-corrected chi connectivity index (χ4v) is 2.10. The summed E-state index contributed by atoms with van der Waals surface area (Å²) in [5.74, 6) is -1.07. The number of hydrogen-bond donors (Lipinski definition) is 1. The molecule has 0 spiro atoms. The number of halogens is 2. The van der Waals surface area contributed by atoms with Crippen molar-refractivity contribution >= 4 is 0 Å². The van der Waals surface area contributed by atoms with Crippen LogP contribution >= 0.6 is 0 Å². The second kappa shape index (κ2) is 5.48. The molecule has 1 atom stereocenters. The molecule has 2 aromatic rings. The molecule has 0 saturated carbocycles. The predicted octanol–water partition coefficient (Wildman–Crippen LogP) is 2.71. The molecule has 1 aromatic heterocycles. The zero-order valence-electron chi connectivity index (χ0n) is 11.2. The molecule has 1 aromatic carbocycles. The van der Waals surface area contributed by atoms with Gasteiger partial charge in [-0.2, -0.15) is 5.10 Å². The van der Waals surface area contributed by atoms with Crippen LogP contribution in [-0.2, 0) is 7.05 Å². The summed E-state index contributed by atoms with van der Waals surface area (Å²) in [6.45, 7) is 4.25. The molecule has 0 amide bonds. The standard InChI is InChI=1S/C14H17F2N3/c1-4-17-14(10-7-18-19(3)8-10)11-5-9(2)12(15)6-13(11)16/h5-8,14,17H,4H2,1-3H3. The lowest BCUT2D eigenvalue weighted by molar-refractivity contribution is 0.537. The molecular formula is C14H17F2N3. The molecule has 3 nitrogen and oxygen atoms in total. The number of rotatable bonds is 4. The van der Waals surface area contributed by atoms with Gasteiger partial charge in [0.25, 0.3) is 0 Å². The van der Waals surface area contributed by atoms with Gasteiger partial charge in [0.2, 0.25) is 0 Å². The highest BCUT2D eigenvalue weighted by Crippen LogP contribution is 2.26. The van der Waals surface area contributed by atoms with Crippen LogP contribution in [0.2, 0.25) is 0 Å². The molecule has 5 heteroatoms. The van der Waals surface area contributed by atoms with Crippen LogP contribution in [0.1, 0.15) is 29.7 Å². The second-order valence-corrected chi connectivity index (χ2v) is 4.56. The lowest BCUT2D eigenvalue weighted by Crippen LogP contribution is -2.23. The summed E-state index contributed by atoms with van der Waals surface area (Å²) in [7, 11) is 1.80. The molecular weight excluding hydrogens is 248 g/mol. The van der Waals surface area contributed by atoms with Gasteiger partial charge in [0.05, 0.1) is 12.2 Å². The second-order valence-electron chi connectivity index (χ2n) is 4.56. The maximum absolute atomic E-state index is 14.0. The molecule has 0 radical (unpaired) electrons. The summed E-state index contributed by atoms with van der Waals surface area (Å²) >= 11 is 0. The van der Waals surface area contributed by atoms with Crippen LogP contribution in [0.5, 0.6) is 0 Å². The van der Waals surface area contributed by atoms with Crippen molar-refractivity contribution in [2.45, 2.75) is 19.9 Å².